The maximum atomic E-state index is 11.5. The minimum absolute atomic E-state index is 0.141. The van der Waals surface area contributed by atoms with E-state index in [4.69, 9.17) is 4.74 Å². The molecule has 1 amide bonds. The smallest absolute Gasteiger partial charge is 0.410 e. The molecule has 1 saturated heterocycles. The van der Waals surface area contributed by atoms with Crippen molar-refractivity contribution in [2.75, 3.05) is 13.1 Å². The van der Waals surface area contributed by atoms with Gasteiger partial charge >= 0.3 is 6.09 Å². The molecule has 4 heteroatoms. The predicted octanol–water partition coefficient (Wildman–Crippen LogP) is 1.23. The molecule has 1 N–H and O–H groups in total. The Hall–Kier alpha value is -0.770. The molecule has 0 aromatic heterocycles. The number of amides is 1. The Labute approximate surface area is 84.8 Å². The number of carbonyl (C=O) groups excluding carboxylic acids is 1. The minimum atomic E-state index is -0.464. The minimum Gasteiger partial charge on any atom is -0.444 e. The second-order valence-corrected chi connectivity index (χ2v) is 4.93. The molecular formula is C10H19NO3. The van der Waals surface area contributed by atoms with Crippen LogP contribution in [-0.4, -0.2) is 40.9 Å². The SMILES string of the molecule is CC1CN(C(=O)OC(C)(C)C)CC1O. The van der Waals surface area contributed by atoms with Crippen LogP contribution in [0.2, 0.25) is 0 Å². The molecule has 0 bridgehead atoms. The molecule has 0 aliphatic carbocycles. The third-order valence-electron chi connectivity index (χ3n) is 2.22. The van der Waals surface area contributed by atoms with E-state index in [1.165, 1.54) is 0 Å². The van der Waals surface area contributed by atoms with Crippen LogP contribution >= 0.6 is 0 Å². The first-order chi connectivity index (χ1) is 6.29. The van der Waals surface area contributed by atoms with Crippen molar-refractivity contribution in [2.45, 2.75) is 39.4 Å². The fraction of sp³-hybridized carbons (Fsp3) is 0.900. The second kappa shape index (κ2) is 3.77. The summed E-state index contributed by atoms with van der Waals surface area (Å²) < 4.78 is 5.19. The van der Waals surface area contributed by atoms with Crippen LogP contribution in [0.3, 0.4) is 0 Å². The summed E-state index contributed by atoms with van der Waals surface area (Å²) in [4.78, 5) is 13.1. The van der Waals surface area contributed by atoms with Crippen molar-refractivity contribution in [2.24, 2.45) is 5.92 Å². The van der Waals surface area contributed by atoms with Crippen molar-refractivity contribution >= 4 is 6.09 Å². The summed E-state index contributed by atoms with van der Waals surface area (Å²) in [7, 11) is 0. The van der Waals surface area contributed by atoms with E-state index in [-0.39, 0.29) is 12.0 Å². The molecule has 1 rings (SSSR count). The molecule has 0 spiro atoms. The summed E-state index contributed by atoms with van der Waals surface area (Å²) in [5, 5.41) is 9.47. The zero-order valence-electron chi connectivity index (χ0n) is 9.28. The molecule has 2 unspecified atom stereocenters. The monoisotopic (exact) mass is 201 g/mol. The zero-order chi connectivity index (χ0) is 10.9. The number of ether oxygens (including phenoxy) is 1. The van der Waals surface area contributed by atoms with E-state index in [9.17, 15) is 9.90 Å². The fourth-order valence-electron chi connectivity index (χ4n) is 1.43. The van der Waals surface area contributed by atoms with Gasteiger partial charge in [-0.05, 0) is 20.8 Å². The lowest BCUT2D eigenvalue weighted by molar-refractivity contribution is 0.0270. The van der Waals surface area contributed by atoms with E-state index >= 15 is 0 Å². The molecule has 14 heavy (non-hydrogen) atoms. The Balaban J connectivity index is 2.48. The number of rotatable bonds is 0. The number of nitrogens with zero attached hydrogens (tertiary/aromatic N) is 1. The van der Waals surface area contributed by atoms with Gasteiger partial charge in [0.25, 0.3) is 0 Å². The lowest BCUT2D eigenvalue weighted by atomic mass is 10.1. The van der Waals surface area contributed by atoms with E-state index < -0.39 is 11.7 Å². The molecule has 4 nitrogen and oxygen atoms in total. The number of aliphatic hydroxyl groups excluding tert-OH is 1. The second-order valence-electron chi connectivity index (χ2n) is 4.93. The van der Waals surface area contributed by atoms with Crippen LogP contribution in [0, 0.1) is 5.92 Å². The molecule has 1 aliphatic rings. The van der Waals surface area contributed by atoms with Gasteiger partial charge in [-0.2, -0.15) is 0 Å². The number of likely N-dealkylation sites (tertiary alicyclic amines) is 1. The summed E-state index contributed by atoms with van der Waals surface area (Å²) in [6.07, 6.45) is -0.747. The molecule has 0 aromatic rings. The van der Waals surface area contributed by atoms with E-state index in [1.54, 1.807) is 4.90 Å². The third kappa shape index (κ3) is 2.87. The molecule has 1 fully saturated rings. The van der Waals surface area contributed by atoms with Crippen molar-refractivity contribution in [1.29, 1.82) is 0 Å². The van der Waals surface area contributed by atoms with Gasteiger partial charge in [0.05, 0.1) is 12.6 Å². The third-order valence-corrected chi connectivity index (χ3v) is 2.22. The van der Waals surface area contributed by atoms with Gasteiger partial charge in [0.1, 0.15) is 5.60 Å². The highest BCUT2D eigenvalue weighted by atomic mass is 16.6. The van der Waals surface area contributed by atoms with Crippen molar-refractivity contribution in [1.82, 2.24) is 4.90 Å². The molecule has 1 heterocycles. The maximum Gasteiger partial charge on any atom is 0.410 e. The van der Waals surface area contributed by atoms with Gasteiger partial charge < -0.3 is 14.7 Å². The Morgan fingerprint density at radius 2 is 2.00 bits per heavy atom. The van der Waals surface area contributed by atoms with Crippen LogP contribution in [0.15, 0.2) is 0 Å². The van der Waals surface area contributed by atoms with E-state index in [0.29, 0.717) is 13.1 Å². The van der Waals surface area contributed by atoms with Gasteiger partial charge in [-0.3, -0.25) is 0 Å². The quantitative estimate of drug-likeness (QED) is 0.641. The van der Waals surface area contributed by atoms with Crippen molar-refractivity contribution in [3.05, 3.63) is 0 Å². The van der Waals surface area contributed by atoms with Gasteiger partial charge in [0.2, 0.25) is 0 Å². The predicted molar refractivity (Wildman–Crippen MR) is 53.0 cm³/mol. The average molecular weight is 201 g/mol. The summed E-state index contributed by atoms with van der Waals surface area (Å²) in [6.45, 7) is 8.39. The Kier molecular flexibility index (Phi) is 3.04. The average Bonchev–Trinajstić information content (AvgIpc) is 2.28. The highest BCUT2D eigenvalue weighted by Gasteiger charge is 2.33. The van der Waals surface area contributed by atoms with Gasteiger partial charge in [0, 0.05) is 12.5 Å². The van der Waals surface area contributed by atoms with Crippen molar-refractivity contribution < 1.29 is 14.6 Å². The molecule has 0 aromatic carbocycles. The van der Waals surface area contributed by atoms with Crippen LogP contribution in [0.25, 0.3) is 0 Å². The topological polar surface area (TPSA) is 49.8 Å². The lowest BCUT2D eigenvalue weighted by Crippen LogP contribution is -2.35. The summed E-state index contributed by atoms with van der Waals surface area (Å²) in [5.74, 6) is 0.141. The standard InChI is InChI=1S/C10H19NO3/c1-7-5-11(6-8(7)12)9(13)14-10(2,3)4/h7-8,12H,5-6H2,1-4H3. The zero-order valence-corrected chi connectivity index (χ0v) is 9.28. The Bertz CT molecular complexity index is 212. The van der Waals surface area contributed by atoms with Crippen molar-refractivity contribution in [3.63, 3.8) is 0 Å². The number of carbonyl (C=O) groups is 1. The van der Waals surface area contributed by atoms with Crippen LogP contribution in [0.4, 0.5) is 4.79 Å². The van der Waals surface area contributed by atoms with E-state index in [2.05, 4.69) is 0 Å². The number of β-amino-alcohol motifs (C(OH)–C–C–N with tert-alkyl or cyclic N) is 1. The summed E-state index contributed by atoms with van der Waals surface area (Å²) >= 11 is 0. The highest BCUT2D eigenvalue weighted by Crippen LogP contribution is 2.19. The first kappa shape index (κ1) is 11.3. The van der Waals surface area contributed by atoms with Gasteiger partial charge in [0.15, 0.2) is 0 Å². The van der Waals surface area contributed by atoms with Gasteiger partial charge in [-0.25, -0.2) is 4.79 Å². The molecule has 1 aliphatic heterocycles. The number of aliphatic hydroxyl groups is 1. The van der Waals surface area contributed by atoms with Gasteiger partial charge in [-0.1, -0.05) is 6.92 Å². The van der Waals surface area contributed by atoms with E-state index in [1.807, 2.05) is 27.7 Å². The highest BCUT2D eigenvalue weighted by molar-refractivity contribution is 5.68. The summed E-state index contributed by atoms with van der Waals surface area (Å²) in [5.41, 5.74) is -0.464. The van der Waals surface area contributed by atoms with E-state index in [0.717, 1.165) is 0 Å². The Morgan fingerprint density at radius 3 is 2.36 bits per heavy atom. The van der Waals surface area contributed by atoms with Crippen molar-refractivity contribution in [3.8, 4) is 0 Å². The van der Waals surface area contributed by atoms with Crippen LogP contribution in [0.1, 0.15) is 27.7 Å². The lowest BCUT2D eigenvalue weighted by Gasteiger charge is -2.24. The first-order valence-electron chi connectivity index (χ1n) is 4.95. The van der Waals surface area contributed by atoms with Crippen LogP contribution in [-0.2, 0) is 4.74 Å². The Morgan fingerprint density at radius 1 is 1.43 bits per heavy atom. The number of hydrogen-bond donors (Lipinski definition) is 1. The number of hydrogen-bond acceptors (Lipinski definition) is 3. The normalized spacial score (nSPS) is 27.9. The molecule has 82 valence electrons. The first-order valence-corrected chi connectivity index (χ1v) is 4.95. The van der Waals surface area contributed by atoms with Crippen LogP contribution in [0.5, 0.6) is 0 Å². The fourth-order valence-corrected chi connectivity index (χ4v) is 1.43. The molecule has 0 saturated carbocycles. The molecule has 0 radical (unpaired) electrons. The molecular weight excluding hydrogens is 182 g/mol. The maximum absolute atomic E-state index is 11.5. The van der Waals surface area contributed by atoms with Crippen LogP contribution < -0.4 is 0 Å². The van der Waals surface area contributed by atoms with Gasteiger partial charge in [-0.15, -0.1) is 0 Å². The summed E-state index contributed by atoms with van der Waals surface area (Å²) in [6, 6.07) is 0. The largest absolute Gasteiger partial charge is 0.444 e. The molecule has 2 atom stereocenters.